The standard InChI is InChI=1S/C17H15N3O/c1-3-17(21)19-16-10-12(8-9-18-16)14-11-20(2)15-7-5-4-6-13(14)15/h3-11H,1H2,2H3,(H,18,19,21). The molecule has 0 fully saturated rings. The Hall–Kier alpha value is -2.88. The van der Waals surface area contributed by atoms with E-state index in [0.29, 0.717) is 5.82 Å². The minimum absolute atomic E-state index is 0.266. The van der Waals surface area contributed by atoms with E-state index in [2.05, 4.69) is 39.8 Å². The first-order chi connectivity index (χ1) is 10.2. The summed E-state index contributed by atoms with van der Waals surface area (Å²) in [7, 11) is 2.02. The van der Waals surface area contributed by atoms with Gasteiger partial charge in [0.1, 0.15) is 5.82 Å². The van der Waals surface area contributed by atoms with Gasteiger partial charge in [0.05, 0.1) is 0 Å². The van der Waals surface area contributed by atoms with E-state index in [1.165, 1.54) is 17.0 Å². The molecule has 0 bridgehead atoms. The number of nitrogens with zero attached hydrogens (tertiary/aromatic N) is 2. The van der Waals surface area contributed by atoms with Crippen molar-refractivity contribution in [3.8, 4) is 11.1 Å². The number of hydrogen-bond acceptors (Lipinski definition) is 2. The third-order valence-electron chi connectivity index (χ3n) is 3.40. The van der Waals surface area contributed by atoms with E-state index in [0.717, 1.165) is 11.1 Å². The first-order valence-electron chi connectivity index (χ1n) is 6.63. The second kappa shape index (κ2) is 5.25. The van der Waals surface area contributed by atoms with Gasteiger partial charge < -0.3 is 9.88 Å². The second-order valence-electron chi connectivity index (χ2n) is 4.79. The predicted octanol–water partition coefficient (Wildman–Crippen LogP) is 3.36. The lowest BCUT2D eigenvalue weighted by Crippen LogP contribution is -2.08. The van der Waals surface area contributed by atoms with Gasteiger partial charge in [0, 0.05) is 35.9 Å². The molecule has 0 saturated heterocycles. The third kappa shape index (κ3) is 2.43. The Morgan fingerprint density at radius 2 is 2.14 bits per heavy atom. The minimum Gasteiger partial charge on any atom is -0.350 e. The van der Waals surface area contributed by atoms with Gasteiger partial charge in [-0.1, -0.05) is 24.8 Å². The summed E-state index contributed by atoms with van der Waals surface area (Å²) in [5.74, 6) is 0.253. The second-order valence-corrected chi connectivity index (χ2v) is 4.79. The number of nitrogens with one attached hydrogen (secondary N) is 1. The number of fused-ring (bicyclic) bond motifs is 1. The smallest absolute Gasteiger partial charge is 0.248 e. The molecule has 104 valence electrons. The third-order valence-corrected chi connectivity index (χ3v) is 3.40. The minimum atomic E-state index is -0.266. The van der Waals surface area contributed by atoms with Crippen molar-refractivity contribution in [2.75, 3.05) is 5.32 Å². The molecule has 4 heteroatoms. The Morgan fingerprint density at radius 3 is 2.95 bits per heavy atom. The normalized spacial score (nSPS) is 10.5. The van der Waals surface area contributed by atoms with Gasteiger partial charge in [-0.2, -0.15) is 0 Å². The average Bonchev–Trinajstić information content (AvgIpc) is 2.85. The summed E-state index contributed by atoms with van der Waals surface area (Å²) < 4.78 is 2.09. The molecule has 2 aromatic heterocycles. The zero-order chi connectivity index (χ0) is 14.8. The molecule has 0 aliphatic carbocycles. The molecule has 2 heterocycles. The summed E-state index contributed by atoms with van der Waals surface area (Å²) in [5, 5.41) is 3.86. The van der Waals surface area contributed by atoms with Crippen molar-refractivity contribution in [2.45, 2.75) is 0 Å². The Bertz CT molecular complexity index is 833. The molecule has 1 amide bonds. The van der Waals surface area contributed by atoms with E-state index >= 15 is 0 Å². The molecule has 0 aliphatic heterocycles. The summed E-state index contributed by atoms with van der Waals surface area (Å²) in [6.07, 6.45) is 5.00. The van der Waals surface area contributed by atoms with E-state index in [1.54, 1.807) is 6.20 Å². The monoisotopic (exact) mass is 277 g/mol. The number of aryl methyl sites for hydroxylation is 1. The van der Waals surface area contributed by atoms with E-state index in [1.807, 2.05) is 31.3 Å². The summed E-state index contributed by atoms with van der Waals surface area (Å²) in [6.45, 7) is 3.44. The van der Waals surface area contributed by atoms with Crippen molar-refractivity contribution in [3.63, 3.8) is 0 Å². The number of rotatable bonds is 3. The maximum absolute atomic E-state index is 11.4. The van der Waals surface area contributed by atoms with Crippen molar-refractivity contribution in [2.24, 2.45) is 7.05 Å². The number of hydrogen-bond donors (Lipinski definition) is 1. The molecule has 0 unspecified atom stereocenters. The maximum Gasteiger partial charge on any atom is 0.248 e. The molecule has 1 N–H and O–H groups in total. The number of carbonyl (C=O) groups excluding carboxylic acids is 1. The number of anilines is 1. The highest BCUT2D eigenvalue weighted by Gasteiger charge is 2.09. The van der Waals surface area contributed by atoms with Crippen LogP contribution in [0.5, 0.6) is 0 Å². The van der Waals surface area contributed by atoms with Crippen LogP contribution in [0.25, 0.3) is 22.0 Å². The van der Waals surface area contributed by atoms with Crippen molar-refractivity contribution in [3.05, 3.63) is 61.4 Å². The average molecular weight is 277 g/mol. The van der Waals surface area contributed by atoms with Gasteiger partial charge in [0.25, 0.3) is 0 Å². The fraction of sp³-hybridized carbons (Fsp3) is 0.0588. The number of para-hydroxylation sites is 1. The fourth-order valence-corrected chi connectivity index (χ4v) is 2.42. The Kier molecular flexibility index (Phi) is 3.28. The van der Waals surface area contributed by atoms with Crippen LogP contribution < -0.4 is 5.32 Å². The molecule has 3 aromatic rings. The van der Waals surface area contributed by atoms with Crippen molar-refractivity contribution in [1.29, 1.82) is 0 Å². The first-order valence-corrected chi connectivity index (χ1v) is 6.63. The van der Waals surface area contributed by atoms with Crippen molar-refractivity contribution >= 4 is 22.6 Å². The lowest BCUT2D eigenvalue weighted by molar-refractivity contribution is -0.111. The zero-order valence-electron chi connectivity index (χ0n) is 11.7. The molecule has 21 heavy (non-hydrogen) atoms. The summed E-state index contributed by atoms with van der Waals surface area (Å²) in [5.41, 5.74) is 3.30. The fourth-order valence-electron chi connectivity index (χ4n) is 2.42. The molecule has 3 rings (SSSR count). The highest BCUT2D eigenvalue weighted by atomic mass is 16.1. The van der Waals surface area contributed by atoms with Gasteiger partial charge in [0.15, 0.2) is 0 Å². The van der Waals surface area contributed by atoms with E-state index in [-0.39, 0.29) is 5.91 Å². The maximum atomic E-state index is 11.4. The lowest BCUT2D eigenvalue weighted by Gasteiger charge is -2.04. The quantitative estimate of drug-likeness (QED) is 0.746. The molecule has 1 aromatic carbocycles. The number of carbonyl (C=O) groups is 1. The van der Waals surface area contributed by atoms with Crippen LogP contribution in [0.4, 0.5) is 5.82 Å². The Balaban J connectivity index is 2.09. The molecule has 0 aliphatic rings. The van der Waals surface area contributed by atoms with E-state index < -0.39 is 0 Å². The first kappa shape index (κ1) is 13.1. The predicted molar refractivity (Wildman–Crippen MR) is 85.0 cm³/mol. The van der Waals surface area contributed by atoms with Gasteiger partial charge in [-0.05, 0) is 29.8 Å². The number of benzene rings is 1. The molecule has 0 atom stereocenters. The molecular weight excluding hydrogens is 262 g/mol. The van der Waals surface area contributed by atoms with Crippen LogP contribution in [0.1, 0.15) is 0 Å². The Labute approximate surface area is 122 Å². The Morgan fingerprint density at radius 1 is 1.33 bits per heavy atom. The summed E-state index contributed by atoms with van der Waals surface area (Å²) >= 11 is 0. The summed E-state index contributed by atoms with van der Waals surface area (Å²) in [6, 6.07) is 12.0. The van der Waals surface area contributed by atoms with Crippen LogP contribution in [0.15, 0.2) is 61.4 Å². The van der Waals surface area contributed by atoms with E-state index in [9.17, 15) is 4.79 Å². The van der Waals surface area contributed by atoms with Gasteiger partial charge in [-0.15, -0.1) is 0 Å². The topological polar surface area (TPSA) is 46.9 Å². The van der Waals surface area contributed by atoms with Crippen molar-refractivity contribution in [1.82, 2.24) is 9.55 Å². The van der Waals surface area contributed by atoms with Crippen LogP contribution in [-0.2, 0) is 11.8 Å². The van der Waals surface area contributed by atoms with Crippen LogP contribution >= 0.6 is 0 Å². The van der Waals surface area contributed by atoms with Crippen LogP contribution in [0.2, 0.25) is 0 Å². The molecule has 0 spiro atoms. The highest BCUT2D eigenvalue weighted by Crippen LogP contribution is 2.30. The number of amides is 1. The van der Waals surface area contributed by atoms with Gasteiger partial charge in [-0.25, -0.2) is 4.98 Å². The number of pyridine rings is 1. The van der Waals surface area contributed by atoms with Crippen LogP contribution in [-0.4, -0.2) is 15.5 Å². The lowest BCUT2D eigenvalue weighted by atomic mass is 10.1. The molecule has 0 radical (unpaired) electrons. The van der Waals surface area contributed by atoms with Gasteiger partial charge >= 0.3 is 0 Å². The van der Waals surface area contributed by atoms with Crippen LogP contribution in [0, 0.1) is 0 Å². The van der Waals surface area contributed by atoms with Gasteiger partial charge in [0.2, 0.25) is 5.91 Å². The molecule has 0 saturated carbocycles. The zero-order valence-corrected chi connectivity index (χ0v) is 11.7. The number of aromatic nitrogens is 2. The largest absolute Gasteiger partial charge is 0.350 e. The summed E-state index contributed by atoms with van der Waals surface area (Å²) in [4.78, 5) is 15.5. The SMILES string of the molecule is C=CC(=O)Nc1cc(-c2cn(C)c3ccccc23)ccn1. The van der Waals surface area contributed by atoms with Crippen LogP contribution in [0.3, 0.4) is 0 Å². The highest BCUT2D eigenvalue weighted by molar-refractivity contribution is 6.00. The molecule has 4 nitrogen and oxygen atoms in total. The molecular formula is C17H15N3O. The van der Waals surface area contributed by atoms with Crippen molar-refractivity contribution < 1.29 is 4.79 Å². The van der Waals surface area contributed by atoms with E-state index in [4.69, 9.17) is 0 Å². The van der Waals surface area contributed by atoms with Gasteiger partial charge in [-0.3, -0.25) is 4.79 Å².